The van der Waals surface area contributed by atoms with Gasteiger partial charge in [0.05, 0.1) is 16.4 Å². The van der Waals surface area contributed by atoms with Gasteiger partial charge in [-0.15, -0.1) is 0 Å². The van der Waals surface area contributed by atoms with Gasteiger partial charge in [0, 0.05) is 6.54 Å². The molecule has 0 saturated carbocycles. The van der Waals surface area contributed by atoms with E-state index in [0.717, 1.165) is 17.5 Å². The number of sulfonamides is 1. The number of hydrogen-bond acceptors (Lipinski definition) is 4. The van der Waals surface area contributed by atoms with Crippen LogP contribution in [0.1, 0.15) is 30.4 Å². The van der Waals surface area contributed by atoms with Crippen LogP contribution in [-0.2, 0) is 19.9 Å². The van der Waals surface area contributed by atoms with E-state index in [0.29, 0.717) is 19.4 Å². The zero-order valence-corrected chi connectivity index (χ0v) is 14.6. The fraction of sp³-hybridized carbons (Fsp3) is 0.600. The normalized spacial score (nSPS) is 21.1. The molecule has 0 amide bonds. The highest BCUT2D eigenvalue weighted by Gasteiger charge is 2.27. The number of aryl methyl sites for hydroxylation is 2. The Morgan fingerprint density at radius 2 is 1.95 bits per heavy atom. The van der Waals surface area contributed by atoms with Crippen molar-refractivity contribution in [1.29, 1.82) is 0 Å². The Morgan fingerprint density at radius 1 is 1.23 bits per heavy atom. The molecule has 7 heteroatoms. The molecule has 1 aliphatic rings. The van der Waals surface area contributed by atoms with Crippen LogP contribution in [0.5, 0.6) is 0 Å². The Bertz CT molecular complexity index is 739. The summed E-state index contributed by atoms with van der Waals surface area (Å²) in [5.74, 6) is 0.694. The lowest BCUT2D eigenvalue weighted by Crippen LogP contribution is -2.25. The maximum absolute atomic E-state index is 12.2. The average molecular weight is 345 g/mol. The molecular weight excluding hydrogens is 322 g/mol. The molecule has 0 aliphatic carbocycles. The summed E-state index contributed by atoms with van der Waals surface area (Å²) in [5, 5.41) is 0. The molecule has 0 aromatic heterocycles. The maximum Gasteiger partial charge on any atom is 0.240 e. The molecule has 1 aromatic rings. The van der Waals surface area contributed by atoms with Crippen LogP contribution in [0.2, 0.25) is 0 Å². The summed E-state index contributed by atoms with van der Waals surface area (Å²) in [6.45, 7) is 4.16. The summed E-state index contributed by atoms with van der Waals surface area (Å²) in [6, 6.07) is 5.07. The predicted octanol–water partition coefficient (Wildman–Crippen LogP) is 1.80. The first kappa shape index (κ1) is 17.4. The second kappa shape index (κ2) is 6.68. The van der Waals surface area contributed by atoms with Crippen LogP contribution in [0.3, 0.4) is 0 Å². The molecule has 0 spiro atoms. The molecule has 1 unspecified atom stereocenters. The standard InChI is InChI=1S/C15H23NO4S2/c1-12-5-6-15(10-13(12)2)22(19,20)16-8-3-4-14-7-9-21(17,18)11-14/h5-6,10,14,16H,3-4,7-9,11H2,1-2H3. The fourth-order valence-electron chi connectivity index (χ4n) is 2.66. The highest BCUT2D eigenvalue weighted by Crippen LogP contribution is 2.22. The summed E-state index contributed by atoms with van der Waals surface area (Å²) >= 11 is 0. The second-order valence-electron chi connectivity index (χ2n) is 6.06. The molecule has 0 radical (unpaired) electrons. The van der Waals surface area contributed by atoms with Gasteiger partial charge in [0.2, 0.25) is 10.0 Å². The van der Waals surface area contributed by atoms with Crippen molar-refractivity contribution < 1.29 is 16.8 Å². The van der Waals surface area contributed by atoms with Crippen LogP contribution in [0, 0.1) is 19.8 Å². The number of rotatable bonds is 6. The van der Waals surface area contributed by atoms with Crippen LogP contribution in [-0.4, -0.2) is 34.9 Å². The lowest BCUT2D eigenvalue weighted by molar-refractivity contribution is 0.512. The lowest BCUT2D eigenvalue weighted by atomic mass is 10.0. The summed E-state index contributed by atoms with van der Waals surface area (Å²) in [7, 11) is -6.34. The van der Waals surface area contributed by atoms with Crippen molar-refractivity contribution in [3.8, 4) is 0 Å². The highest BCUT2D eigenvalue weighted by molar-refractivity contribution is 7.91. The monoisotopic (exact) mass is 345 g/mol. The maximum atomic E-state index is 12.2. The van der Waals surface area contributed by atoms with Gasteiger partial charge >= 0.3 is 0 Å². The molecule has 1 aromatic carbocycles. The molecule has 5 nitrogen and oxygen atoms in total. The lowest BCUT2D eigenvalue weighted by Gasteiger charge is -2.10. The van der Waals surface area contributed by atoms with Gasteiger partial charge in [-0.3, -0.25) is 0 Å². The molecule has 1 fully saturated rings. The zero-order chi connectivity index (χ0) is 16.4. The van der Waals surface area contributed by atoms with E-state index >= 15 is 0 Å². The van der Waals surface area contributed by atoms with E-state index in [1.807, 2.05) is 13.8 Å². The second-order valence-corrected chi connectivity index (χ2v) is 10.1. The summed E-state index contributed by atoms with van der Waals surface area (Å²) in [6.07, 6.45) is 2.10. The van der Waals surface area contributed by atoms with Crippen LogP contribution in [0.4, 0.5) is 0 Å². The molecule has 1 N–H and O–H groups in total. The van der Waals surface area contributed by atoms with E-state index < -0.39 is 19.9 Å². The summed E-state index contributed by atoms with van der Waals surface area (Å²) < 4.78 is 49.7. The van der Waals surface area contributed by atoms with Crippen molar-refractivity contribution in [3.05, 3.63) is 29.3 Å². The van der Waals surface area contributed by atoms with E-state index in [4.69, 9.17) is 0 Å². The van der Waals surface area contributed by atoms with E-state index in [1.54, 1.807) is 18.2 Å². The van der Waals surface area contributed by atoms with E-state index in [-0.39, 0.29) is 22.3 Å². The molecule has 1 aliphatic heterocycles. The van der Waals surface area contributed by atoms with Gasteiger partial charge in [-0.25, -0.2) is 21.6 Å². The van der Waals surface area contributed by atoms with Gasteiger partial charge < -0.3 is 0 Å². The largest absolute Gasteiger partial charge is 0.240 e. The summed E-state index contributed by atoms with van der Waals surface area (Å²) in [4.78, 5) is 0.277. The van der Waals surface area contributed by atoms with Gasteiger partial charge in [-0.1, -0.05) is 6.07 Å². The van der Waals surface area contributed by atoms with Gasteiger partial charge in [0.15, 0.2) is 9.84 Å². The van der Waals surface area contributed by atoms with Crippen molar-refractivity contribution in [2.45, 2.75) is 38.0 Å². The molecule has 2 rings (SSSR count). The molecular formula is C15H23NO4S2. The third-order valence-electron chi connectivity index (χ3n) is 4.20. The highest BCUT2D eigenvalue weighted by atomic mass is 32.2. The zero-order valence-electron chi connectivity index (χ0n) is 13.0. The van der Waals surface area contributed by atoms with Crippen molar-refractivity contribution in [1.82, 2.24) is 4.72 Å². The smallest absolute Gasteiger partial charge is 0.229 e. The van der Waals surface area contributed by atoms with Crippen molar-refractivity contribution in [2.24, 2.45) is 5.92 Å². The molecule has 124 valence electrons. The van der Waals surface area contributed by atoms with Gasteiger partial charge in [0.1, 0.15) is 0 Å². The Kier molecular flexibility index (Phi) is 5.29. The third-order valence-corrected chi connectivity index (χ3v) is 7.49. The molecule has 1 heterocycles. The first-order chi connectivity index (χ1) is 10.2. The quantitative estimate of drug-likeness (QED) is 0.797. The van der Waals surface area contributed by atoms with Crippen LogP contribution < -0.4 is 4.72 Å². The minimum atomic E-state index is -3.49. The van der Waals surface area contributed by atoms with Crippen molar-refractivity contribution in [3.63, 3.8) is 0 Å². The van der Waals surface area contributed by atoms with Crippen LogP contribution in [0.15, 0.2) is 23.1 Å². The minimum absolute atomic E-state index is 0.177. The Morgan fingerprint density at radius 3 is 2.55 bits per heavy atom. The molecule has 0 bridgehead atoms. The average Bonchev–Trinajstić information content (AvgIpc) is 2.77. The molecule has 1 saturated heterocycles. The Hall–Kier alpha value is -0.920. The van der Waals surface area contributed by atoms with Gasteiger partial charge in [0.25, 0.3) is 0 Å². The van der Waals surface area contributed by atoms with Crippen LogP contribution >= 0.6 is 0 Å². The number of hydrogen-bond donors (Lipinski definition) is 1. The number of benzene rings is 1. The van der Waals surface area contributed by atoms with Crippen molar-refractivity contribution in [2.75, 3.05) is 18.1 Å². The number of sulfone groups is 1. The Balaban J connectivity index is 1.84. The first-order valence-corrected chi connectivity index (χ1v) is 10.8. The molecule has 1 atom stereocenters. The third kappa shape index (κ3) is 4.54. The first-order valence-electron chi connectivity index (χ1n) is 7.47. The molecule has 22 heavy (non-hydrogen) atoms. The van der Waals surface area contributed by atoms with Gasteiger partial charge in [-0.2, -0.15) is 0 Å². The van der Waals surface area contributed by atoms with E-state index in [2.05, 4.69) is 4.72 Å². The van der Waals surface area contributed by atoms with Gasteiger partial charge in [-0.05, 0) is 62.3 Å². The Labute approximate surface area is 133 Å². The number of nitrogens with one attached hydrogen (secondary N) is 1. The SMILES string of the molecule is Cc1ccc(S(=O)(=O)NCCCC2CCS(=O)(=O)C2)cc1C. The van der Waals surface area contributed by atoms with E-state index in [1.165, 1.54) is 0 Å². The van der Waals surface area contributed by atoms with Crippen LogP contribution in [0.25, 0.3) is 0 Å². The summed E-state index contributed by atoms with van der Waals surface area (Å²) in [5.41, 5.74) is 2.00. The van der Waals surface area contributed by atoms with Crippen molar-refractivity contribution >= 4 is 19.9 Å². The minimum Gasteiger partial charge on any atom is -0.229 e. The fourth-order valence-corrected chi connectivity index (χ4v) is 5.73. The predicted molar refractivity (Wildman–Crippen MR) is 87.1 cm³/mol. The topological polar surface area (TPSA) is 80.3 Å². The van der Waals surface area contributed by atoms with E-state index in [9.17, 15) is 16.8 Å².